The van der Waals surface area contributed by atoms with Gasteiger partial charge in [0.05, 0.1) is 11.0 Å². The lowest BCUT2D eigenvalue weighted by Gasteiger charge is -2.20. The number of amides is 1. The van der Waals surface area contributed by atoms with Crippen LogP contribution in [0.1, 0.15) is 100 Å². The van der Waals surface area contributed by atoms with Gasteiger partial charge in [-0.2, -0.15) is 0 Å². The number of carbonyl (C=O) groups is 1. The molecule has 4 heteroatoms. The monoisotopic (exact) mass is 473 g/mol. The number of rotatable bonds is 13. The van der Waals surface area contributed by atoms with Crippen LogP contribution in [0.15, 0.2) is 42.5 Å². The Bertz CT molecular complexity index is 1120. The summed E-state index contributed by atoms with van der Waals surface area (Å²) in [6, 6.07) is 14.8. The highest BCUT2D eigenvalue weighted by Crippen LogP contribution is 2.35. The fourth-order valence-corrected chi connectivity index (χ4v) is 5.52. The summed E-state index contributed by atoms with van der Waals surface area (Å²) in [5.74, 6) is 1.43. The van der Waals surface area contributed by atoms with E-state index in [4.69, 9.17) is 4.98 Å². The Morgan fingerprint density at radius 2 is 1.57 bits per heavy atom. The van der Waals surface area contributed by atoms with Crippen LogP contribution in [0, 0.1) is 13.8 Å². The topological polar surface area (TPSA) is 38.1 Å². The predicted octanol–water partition coefficient (Wildman–Crippen LogP) is 8.09. The molecule has 0 bridgehead atoms. The lowest BCUT2D eigenvalue weighted by atomic mass is 10.1. The van der Waals surface area contributed by atoms with Gasteiger partial charge in [0.1, 0.15) is 5.82 Å². The van der Waals surface area contributed by atoms with Crippen molar-refractivity contribution in [1.29, 1.82) is 0 Å². The zero-order chi connectivity index (χ0) is 24.6. The first-order valence-corrected chi connectivity index (χ1v) is 13.9. The van der Waals surface area contributed by atoms with Crippen molar-refractivity contribution >= 4 is 22.6 Å². The number of hydrogen-bond acceptors (Lipinski definition) is 2. The van der Waals surface area contributed by atoms with Crippen molar-refractivity contribution in [2.75, 3.05) is 11.4 Å². The molecule has 0 spiro atoms. The quantitative estimate of drug-likeness (QED) is 0.235. The number of para-hydroxylation sites is 2. The highest BCUT2D eigenvalue weighted by molar-refractivity contribution is 5.97. The zero-order valence-electron chi connectivity index (χ0n) is 22.1. The molecule has 1 aromatic heterocycles. The SMILES string of the molecule is CCCCCCCCCCCCn1c(C2CC(=O)N(c3cc(C)ccc3C)C2)nc2ccccc21. The van der Waals surface area contributed by atoms with Gasteiger partial charge in [-0.3, -0.25) is 4.79 Å². The zero-order valence-corrected chi connectivity index (χ0v) is 22.1. The summed E-state index contributed by atoms with van der Waals surface area (Å²) in [6.45, 7) is 8.16. The number of aromatic nitrogens is 2. The Hall–Kier alpha value is -2.62. The summed E-state index contributed by atoms with van der Waals surface area (Å²) in [4.78, 5) is 20.1. The number of nitrogens with zero attached hydrogens (tertiary/aromatic N) is 3. The number of anilines is 1. The fraction of sp³-hybridized carbons (Fsp3) is 0.548. The van der Waals surface area contributed by atoms with Crippen LogP contribution >= 0.6 is 0 Å². The van der Waals surface area contributed by atoms with Crippen molar-refractivity contribution in [3.63, 3.8) is 0 Å². The van der Waals surface area contributed by atoms with Crippen LogP contribution in [0.25, 0.3) is 11.0 Å². The minimum atomic E-state index is 0.137. The molecular formula is C31H43N3O. The molecule has 1 unspecified atom stereocenters. The largest absolute Gasteiger partial charge is 0.328 e. The molecule has 1 atom stereocenters. The highest BCUT2D eigenvalue weighted by atomic mass is 16.2. The second-order valence-electron chi connectivity index (χ2n) is 10.5. The molecule has 1 amide bonds. The van der Waals surface area contributed by atoms with Crippen molar-refractivity contribution in [1.82, 2.24) is 9.55 Å². The number of benzene rings is 2. The summed E-state index contributed by atoms with van der Waals surface area (Å²) in [7, 11) is 0. The first kappa shape index (κ1) is 25.5. The van der Waals surface area contributed by atoms with E-state index in [1.165, 1.54) is 75.3 Å². The molecule has 0 radical (unpaired) electrons. The van der Waals surface area contributed by atoms with Crippen LogP contribution in [-0.2, 0) is 11.3 Å². The first-order valence-electron chi connectivity index (χ1n) is 13.9. The fourth-order valence-electron chi connectivity index (χ4n) is 5.52. The third-order valence-corrected chi connectivity index (χ3v) is 7.56. The Morgan fingerprint density at radius 1 is 0.886 bits per heavy atom. The standard InChI is InChI=1S/C31H43N3O/c1-4-5-6-7-8-9-10-11-12-15-20-33-28-17-14-13-16-27(28)32-31(33)26-22-30(35)34(23-26)29-21-24(2)18-19-25(29)3/h13-14,16-19,21,26H,4-12,15,20,22-23H2,1-3H3. The van der Waals surface area contributed by atoms with E-state index < -0.39 is 0 Å². The predicted molar refractivity (Wildman–Crippen MR) is 147 cm³/mol. The maximum Gasteiger partial charge on any atom is 0.227 e. The van der Waals surface area contributed by atoms with Gasteiger partial charge in [-0.1, -0.05) is 89.0 Å². The lowest BCUT2D eigenvalue weighted by Crippen LogP contribution is -2.25. The van der Waals surface area contributed by atoms with Crippen molar-refractivity contribution in [2.24, 2.45) is 0 Å². The molecule has 0 aliphatic carbocycles. The van der Waals surface area contributed by atoms with Gasteiger partial charge in [0.25, 0.3) is 0 Å². The van der Waals surface area contributed by atoms with Gasteiger partial charge in [0.15, 0.2) is 0 Å². The molecule has 2 aromatic carbocycles. The molecule has 0 N–H and O–H groups in total. The van der Waals surface area contributed by atoms with E-state index in [-0.39, 0.29) is 11.8 Å². The Labute approximate surface area is 211 Å². The van der Waals surface area contributed by atoms with Crippen molar-refractivity contribution in [2.45, 2.75) is 104 Å². The maximum absolute atomic E-state index is 13.1. The number of fused-ring (bicyclic) bond motifs is 1. The van der Waals surface area contributed by atoms with Gasteiger partial charge in [-0.25, -0.2) is 4.98 Å². The smallest absolute Gasteiger partial charge is 0.227 e. The maximum atomic E-state index is 13.1. The van der Waals surface area contributed by atoms with Crippen molar-refractivity contribution in [3.05, 3.63) is 59.4 Å². The summed E-state index contributed by atoms with van der Waals surface area (Å²) in [5, 5.41) is 0. The number of imidazole rings is 1. The molecule has 1 aliphatic rings. The van der Waals surface area contributed by atoms with E-state index in [1.807, 2.05) is 4.90 Å². The van der Waals surface area contributed by atoms with Crippen LogP contribution < -0.4 is 4.90 Å². The van der Waals surface area contributed by atoms with Gasteiger partial charge < -0.3 is 9.47 Å². The number of unbranched alkanes of at least 4 members (excludes halogenated alkanes) is 9. The molecule has 1 saturated heterocycles. The van der Waals surface area contributed by atoms with Crippen molar-refractivity contribution in [3.8, 4) is 0 Å². The molecule has 1 fully saturated rings. The Kier molecular flexibility index (Phi) is 9.01. The van der Waals surface area contributed by atoms with E-state index in [9.17, 15) is 4.79 Å². The molecular weight excluding hydrogens is 430 g/mol. The second-order valence-corrected chi connectivity index (χ2v) is 10.5. The van der Waals surface area contributed by atoms with Gasteiger partial charge in [-0.05, 0) is 49.6 Å². The molecule has 35 heavy (non-hydrogen) atoms. The Morgan fingerprint density at radius 3 is 2.31 bits per heavy atom. The minimum absolute atomic E-state index is 0.137. The van der Waals surface area contributed by atoms with Crippen LogP contribution in [0.2, 0.25) is 0 Å². The third-order valence-electron chi connectivity index (χ3n) is 7.56. The van der Waals surface area contributed by atoms with Crippen molar-refractivity contribution < 1.29 is 4.79 Å². The van der Waals surface area contributed by atoms with Gasteiger partial charge in [0.2, 0.25) is 5.91 Å². The summed E-state index contributed by atoms with van der Waals surface area (Å²) in [5.41, 5.74) is 5.65. The van der Waals surface area contributed by atoms with Crippen LogP contribution in [0.5, 0.6) is 0 Å². The second kappa shape index (κ2) is 12.4. The average molecular weight is 474 g/mol. The normalized spacial score (nSPS) is 16.0. The van der Waals surface area contributed by atoms with Crippen LogP contribution in [0.4, 0.5) is 5.69 Å². The third kappa shape index (κ3) is 6.34. The summed E-state index contributed by atoms with van der Waals surface area (Å²) in [6.07, 6.45) is 13.9. The molecule has 1 aliphatic heterocycles. The minimum Gasteiger partial charge on any atom is -0.328 e. The van der Waals surface area contributed by atoms with E-state index in [0.29, 0.717) is 13.0 Å². The van der Waals surface area contributed by atoms with Gasteiger partial charge >= 0.3 is 0 Å². The average Bonchev–Trinajstić information content (AvgIpc) is 3.42. The number of carbonyl (C=O) groups excluding carboxylic acids is 1. The van der Waals surface area contributed by atoms with E-state index in [1.54, 1.807) is 0 Å². The molecule has 4 nitrogen and oxygen atoms in total. The van der Waals surface area contributed by atoms with E-state index >= 15 is 0 Å². The van der Waals surface area contributed by atoms with E-state index in [0.717, 1.165) is 29.1 Å². The summed E-state index contributed by atoms with van der Waals surface area (Å²) >= 11 is 0. The molecule has 4 rings (SSSR count). The highest BCUT2D eigenvalue weighted by Gasteiger charge is 2.35. The van der Waals surface area contributed by atoms with Crippen LogP contribution in [-0.4, -0.2) is 22.0 Å². The molecule has 0 saturated carbocycles. The number of aryl methyl sites for hydroxylation is 3. The lowest BCUT2D eigenvalue weighted by molar-refractivity contribution is -0.117. The van der Waals surface area contributed by atoms with Gasteiger partial charge in [-0.15, -0.1) is 0 Å². The Balaban J connectivity index is 1.39. The molecule has 188 valence electrons. The number of hydrogen-bond donors (Lipinski definition) is 0. The summed E-state index contributed by atoms with van der Waals surface area (Å²) < 4.78 is 2.41. The van der Waals surface area contributed by atoms with E-state index in [2.05, 4.69) is 67.8 Å². The first-order chi connectivity index (χ1) is 17.1. The molecule has 3 aromatic rings. The van der Waals surface area contributed by atoms with Crippen LogP contribution in [0.3, 0.4) is 0 Å². The molecule has 2 heterocycles. The van der Waals surface area contributed by atoms with Gasteiger partial charge in [0, 0.05) is 31.1 Å².